The highest BCUT2D eigenvalue weighted by molar-refractivity contribution is 6.05. The van der Waals surface area contributed by atoms with Gasteiger partial charge in [0.25, 0.3) is 0 Å². The van der Waals surface area contributed by atoms with Crippen molar-refractivity contribution in [3.05, 3.63) is 61.2 Å². The summed E-state index contributed by atoms with van der Waals surface area (Å²) in [6.45, 7) is 8.43. The first-order valence-corrected chi connectivity index (χ1v) is 8.90. The second-order valence-corrected chi connectivity index (χ2v) is 6.85. The second kappa shape index (κ2) is 9.32. The van der Waals surface area contributed by atoms with Gasteiger partial charge in [-0.1, -0.05) is 60.8 Å². The summed E-state index contributed by atoms with van der Waals surface area (Å²) in [5.74, 6) is -4.32. The van der Waals surface area contributed by atoms with Crippen molar-refractivity contribution in [3.63, 3.8) is 0 Å². The number of carbonyl (C=O) groups is 2. The Kier molecular flexibility index (Phi) is 7.12. The first-order valence-electron chi connectivity index (χ1n) is 8.90. The Morgan fingerprint density at radius 2 is 1.75 bits per heavy atom. The van der Waals surface area contributed by atoms with Crippen LogP contribution in [0.5, 0.6) is 0 Å². The Labute approximate surface area is 164 Å². The largest absolute Gasteiger partial charge is 0.461 e. The molecule has 150 valence electrons. The maximum absolute atomic E-state index is 12.8. The van der Waals surface area contributed by atoms with Crippen LogP contribution in [0, 0.1) is 11.8 Å². The molecule has 28 heavy (non-hydrogen) atoms. The molecule has 0 bridgehead atoms. The summed E-state index contributed by atoms with van der Waals surface area (Å²) < 4.78 is 10.4. The van der Waals surface area contributed by atoms with E-state index in [0.717, 1.165) is 0 Å². The van der Waals surface area contributed by atoms with E-state index in [0.29, 0.717) is 5.56 Å². The van der Waals surface area contributed by atoms with E-state index in [1.165, 1.54) is 19.1 Å². The summed E-state index contributed by atoms with van der Waals surface area (Å²) in [6, 6.07) is 8.78. The SMILES string of the molecule is C=CCOC(=O)[C@@H]1/C(=N/O)C[C@](C)(O)[C@@H](C(=O)OCC=C)[C@H]1c1ccccc1. The zero-order valence-electron chi connectivity index (χ0n) is 15.8. The highest BCUT2D eigenvalue weighted by Crippen LogP contribution is 2.47. The van der Waals surface area contributed by atoms with E-state index >= 15 is 0 Å². The summed E-state index contributed by atoms with van der Waals surface area (Å²) in [4.78, 5) is 25.6. The number of rotatable bonds is 7. The molecule has 0 unspecified atom stereocenters. The van der Waals surface area contributed by atoms with Gasteiger partial charge in [-0.15, -0.1) is 0 Å². The molecule has 2 rings (SSSR count). The van der Waals surface area contributed by atoms with Gasteiger partial charge in [0.05, 0.1) is 17.2 Å². The maximum atomic E-state index is 12.8. The van der Waals surface area contributed by atoms with Crippen molar-refractivity contribution in [2.45, 2.75) is 24.9 Å². The molecule has 0 spiro atoms. The highest BCUT2D eigenvalue weighted by Gasteiger charge is 2.56. The van der Waals surface area contributed by atoms with Gasteiger partial charge in [-0.05, 0) is 12.5 Å². The summed E-state index contributed by atoms with van der Waals surface area (Å²) in [5.41, 5.74) is -0.944. The van der Waals surface area contributed by atoms with Gasteiger partial charge in [-0.3, -0.25) is 9.59 Å². The lowest BCUT2D eigenvalue weighted by Crippen LogP contribution is -2.55. The molecule has 1 saturated carbocycles. The molecule has 1 aromatic rings. The lowest BCUT2D eigenvalue weighted by Gasteiger charge is -2.44. The lowest BCUT2D eigenvalue weighted by atomic mass is 9.61. The van der Waals surface area contributed by atoms with Crippen molar-refractivity contribution >= 4 is 17.7 Å². The van der Waals surface area contributed by atoms with Crippen LogP contribution in [0.4, 0.5) is 0 Å². The molecular weight excluding hydrogens is 362 g/mol. The normalized spacial score (nSPS) is 28.4. The topological polar surface area (TPSA) is 105 Å². The number of benzene rings is 1. The monoisotopic (exact) mass is 387 g/mol. The van der Waals surface area contributed by atoms with Crippen LogP contribution < -0.4 is 0 Å². The molecule has 7 nitrogen and oxygen atoms in total. The molecule has 4 atom stereocenters. The molecule has 1 aromatic carbocycles. The van der Waals surface area contributed by atoms with Crippen LogP contribution in [0.25, 0.3) is 0 Å². The van der Waals surface area contributed by atoms with Crippen LogP contribution in [0.15, 0.2) is 60.8 Å². The second-order valence-electron chi connectivity index (χ2n) is 6.85. The number of hydrogen-bond donors (Lipinski definition) is 2. The quantitative estimate of drug-likeness (QED) is 0.322. The zero-order chi connectivity index (χ0) is 20.7. The van der Waals surface area contributed by atoms with Gasteiger partial charge in [0.2, 0.25) is 0 Å². The number of aliphatic hydroxyl groups is 1. The molecule has 0 amide bonds. The number of oxime groups is 1. The van der Waals surface area contributed by atoms with Crippen molar-refractivity contribution in [2.24, 2.45) is 17.0 Å². The molecule has 0 heterocycles. The fourth-order valence-electron chi connectivity index (χ4n) is 3.68. The molecule has 0 aromatic heterocycles. The Balaban J connectivity index is 2.59. The van der Waals surface area contributed by atoms with E-state index in [1.807, 2.05) is 0 Å². The van der Waals surface area contributed by atoms with Crippen LogP contribution in [-0.4, -0.2) is 46.8 Å². The Bertz CT molecular complexity index is 755. The summed E-state index contributed by atoms with van der Waals surface area (Å²) in [6.07, 6.45) is 2.65. The predicted molar refractivity (Wildman–Crippen MR) is 103 cm³/mol. The van der Waals surface area contributed by atoms with Crippen molar-refractivity contribution in [1.29, 1.82) is 0 Å². The average molecular weight is 387 g/mol. The van der Waals surface area contributed by atoms with Gasteiger partial charge in [-0.25, -0.2) is 0 Å². The lowest BCUT2D eigenvalue weighted by molar-refractivity contribution is -0.162. The van der Waals surface area contributed by atoms with Gasteiger partial charge >= 0.3 is 11.9 Å². The minimum Gasteiger partial charge on any atom is -0.461 e. The van der Waals surface area contributed by atoms with E-state index in [-0.39, 0.29) is 25.3 Å². The highest BCUT2D eigenvalue weighted by atomic mass is 16.5. The number of hydrogen-bond acceptors (Lipinski definition) is 7. The molecule has 1 aliphatic rings. The van der Waals surface area contributed by atoms with Crippen LogP contribution >= 0.6 is 0 Å². The molecule has 2 N–H and O–H groups in total. The van der Waals surface area contributed by atoms with Crippen LogP contribution in [-0.2, 0) is 19.1 Å². The van der Waals surface area contributed by atoms with Gasteiger partial charge < -0.3 is 19.8 Å². The third kappa shape index (κ3) is 4.48. The van der Waals surface area contributed by atoms with Crippen molar-refractivity contribution < 1.29 is 29.4 Å². The minimum absolute atomic E-state index is 0.0283. The third-order valence-electron chi connectivity index (χ3n) is 4.79. The molecule has 7 heteroatoms. The Morgan fingerprint density at radius 1 is 1.18 bits per heavy atom. The number of nitrogens with zero attached hydrogens (tertiary/aromatic N) is 1. The van der Waals surface area contributed by atoms with Crippen molar-refractivity contribution in [1.82, 2.24) is 0 Å². The Morgan fingerprint density at radius 3 is 2.29 bits per heavy atom. The molecule has 1 fully saturated rings. The van der Waals surface area contributed by atoms with Gasteiger partial charge in [0.1, 0.15) is 19.1 Å². The first kappa shape index (κ1) is 21.4. The molecule has 0 radical (unpaired) electrons. The van der Waals surface area contributed by atoms with Gasteiger partial charge in [0.15, 0.2) is 0 Å². The molecular formula is C21H25NO6. The Hall–Kier alpha value is -2.93. The zero-order valence-corrected chi connectivity index (χ0v) is 15.8. The first-order chi connectivity index (χ1) is 13.4. The fourth-order valence-corrected chi connectivity index (χ4v) is 3.68. The van der Waals surface area contributed by atoms with E-state index in [1.54, 1.807) is 30.3 Å². The van der Waals surface area contributed by atoms with Gasteiger partial charge in [0, 0.05) is 12.3 Å². The van der Waals surface area contributed by atoms with E-state index in [9.17, 15) is 19.9 Å². The third-order valence-corrected chi connectivity index (χ3v) is 4.79. The number of carbonyl (C=O) groups excluding carboxylic acids is 2. The molecule has 0 saturated heterocycles. The van der Waals surface area contributed by atoms with Crippen LogP contribution in [0.2, 0.25) is 0 Å². The maximum Gasteiger partial charge on any atom is 0.315 e. The van der Waals surface area contributed by atoms with E-state index in [2.05, 4.69) is 18.3 Å². The molecule has 1 aliphatic carbocycles. The van der Waals surface area contributed by atoms with Crippen LogP contribution in [0.1, 0.15) is 24.8 Å². The number of esters is 2. The summed E-state index contributed by atoms with van der Waals surface area (Å²) >= 11 is 0. The van der Waals surface area contributed by atoms with Crippen LogP contribution in [0.3, 0.4) is 0 Å². The van der Waals surface area contributed by atoms with E-state index in [4.69, 9.17) is 9.47 Å². The van der Waals surface area contributed by atoms with Crippen molar-refractivity contribution in [3.8, 4) is 0 Å². The number of ether oxygens (including phenoxy) is 2. The fraction of sp³-hybridized carbons (Fsp3) is 0.381. The van der Waals surface area contributed by atoms with E-state index < -0.39 is 35.3 Å². The smallest absolute Gasteiger partial charge is 0.315 e. The van der Waals surface area contributed by atoms with Crippen molar-refractivity contribution in [2.75, 3.05) is 13.2 Å². The molecule has 0 aliphatic heterocycles. The average Bonchev–Trinajstić information content (AvgIpc) is 2.69. The predicted octanol–water partition coefficient (Wildman–Crippen LogP) is 2.45. The minimum atomic E-state index is -1.60. The van der Waals surface area contributed by atoms with Gasteiger partial charge in [-0.2, -0.15) is 0 Å². The summed E-state index contributed by atoms with van der Waals surface area (Å²) in [7, 11) is 0. The standard InChI is InChI=1S/C21H25NO6/c1-4-11-27-19(23)17-15(22-26)13-21(3,25)18(20(24)28-12-5-2)16(17)14-9-7-6-8-10-14/h4-10,16-18,25-26H,1-2,11-13H2,3H3/b22-15+/t16-,17+,18+,21-/m0/s1. The summed E-state index contributed by atoms with van der Waals surface area (Å²) in [5, 5.41) is 23.8.